The molecule has 0 aliphatic heterocycles. The lowest BCUT2D eigenvalue weighted by atomic mass is 9.97. The van der Waals surface area contributed by atoms with Crippen LogP contribution in [0.5, 0.6) is 11.5 Å². The molecule has 5 N–H and O–H groups in total. The van der Waals surface area contributed by atoms with Crippen LogP contribution < -0.4 is 10.9 Å². The van der Waals surface area contributed by atoms with Gasteiger partial charge in [0, 0.05) is 18.0 Å². The molecule has 6 heteroatoms. The smallest absolute Gasteiger partial charge is 0.290 e. The van der Waals surface area contributed by atoms with E-state index in [1.807, 2.05) is 0 Å². The predicted octanol–water partition coefficient (Wildman–Crippen LogP) is 2.85. The number of aliphatic hydroxyl groups is 1. The molecule has 6 nitrogen and oxygen atoms in total. The second-order valence-corrected chi connectivity index (χ2v) is 8.07. The molecule has 0 amide bonds. The lowest BCUT2D eigenvalue weighted by molar-refractivity contribution is 0.171. The number of benzene rings is 2. The van der Waals surface area contributed by atoms with Crippen molar-refractivity contribution in [3.05, 3.63) is 68.5 Å². The highest BCUT2D eigenvalue weighted by Crippen LogP contribution is 2.31. The first-order valence-corrected chi connectivity index (χ1v) is 10.5. The summed E-state index contributed by atoms with van der Waals surface area (Å²) < 4.78 is 0. The maximum Gasteiger partial charge on any atom is 0.290 e. The SMILES string of the molecule is CCc1cc2c(cc1CC)CC(NC[C@H](O)c1ccc(O)c3[nH]c(=O)c(O)cc13)C2. The highest BCUT2D eigenvalue weighted by atomic mass is 16.3. The van der Waals surface area contributed by atoms with Crippen molar-refractivity contribution in [3.63, 3.8) is 0 Å². The normalized spacial score (nSPS) is 14.9. The fourth-order valence-electron chi connectivity index (χ4n) is 4.55. The molecule has 1 aliphatic carbocycles. The standard InChI is InChI=1S/C24H28N2O4/c1-3-13-7-15-9-17(10-16(15)8-14(13)4-2)25-12-22(29)18-5-6-20(27)23-19(18)11-21(28)24(30)26-23/h5-8,11,17,22,25,27-29H,3-4,9-10,12H2,1-2H3,(H,26,30)/t22-/m0/s1. The van der Waals surface area contributed by atoms with Gasteiger partial charge in [0.15, 0.2) is 5.75 Å². The predicted molar refractivity (Wildman–Crippen MR) is 117 cm³/mol. The number of aromatic nitrogens is 1. The van der Waals surface area contributed by atoms with E-state index < -0.39 is 17.4 Å². The molecule has 158 valence electrons. The van der Waals surface area contributed by atoms with Crippen molar-refractivity contribution in [2.45, 2.75) is 51.7 Å². The minimum atomic E-state index is -0.848. The van der Waals surface area contributed by atoms with E-state index in [1.165, 1.54) is 34.4 Å². The van der Waals surface area contributed by atoms with Gasteiger partial charge in [-0.2, -0.15) is 0 Å². The molecule has 0 fully saturated rings. The zero-order valence-electron chi connectivity index (χ0n) is 17.3. The van der Waals surface area contributed by atoms with Gasteiger partial charge in [0.2, 0.25) is 0 Å². The first kappa shape index (κ1) is 20.4. The molecule has 0 saturated heterocycles. The number of phenolic OH excluding ortho intramolecular Hbond substituents is 1. The molecule has 1 aromatic heterocycles. The summed E-state index contributed by atoms with van der Waals surface area (Å²) in [6, 6.07) is 9.26. The molecular weight excluding hydrogens is 380 g/mol. The van der Waals surface area contributed by atoms with Crippen LogP contribution in [0.25, 0.3) is 10.9 Å². The Hall–Kier alpha value is -2.83. The Bertz CT molecular complexity index is 1120. The van der Waals surface area contributed by atoms with Crippen LogP contribution in [0, 0.1) is 0 Å². The average molecular weight is 408 g/mol. The number of hydrogen-bond acceptors (Lipinski definition) is 5. The highest BCUT2D eigenvalue weighted by Gasteiger charge is 2.24. The van der Waals surface area contributed by atoms with E-state index in [2.05, 4.69) is 36.3 Å². The summed E-state index contributed by atoms with van der Waals surface area (Å²) in [6.45, 7) is 4.71. The largest absolute Gasteiger partial charge is 0.506 e. The number of aryl methyl sites for hydroxylation is 2. The highest BCUT2D eigenvalue weighted by molar-refractivity contribution is 5.88. The fraction of sp³-hybridized carbons (Fsp3) is 0.375. The van der Waals surface area contributed by atoms with Crippen molar-refractivity contribution < 1.29 is 15.3 Å². The Kier molecular flexibility index (Phi) is 5.54. The summed E-state index contributed by atoms with van der Waals surface area (Å²) in [7, 11) is 0. The van der Waals surface area contributed by atoms with Crippen molar-refractivity contribution in [3.8, 4) is 11.5 Å². The summed E-state index contributed by atoms with van der Waals surface area (Å²) in [4.78, 5) is 14.1. The van der Waals surface area contributed by atoms with E-state index in [0.29, 0.717) is 17.5 Å². The third kappa shape index (κ3) is 3.68. The number of nitrogens with one attached hydrogen (secondary N) is 2. The van der Waals surface area contributed by atoms with Crippen molar-refractivity contribution in [1.82, 2.24) is 10.3 Å². The molecule has 0 saturated carbocycles. The van der Waals surface area contributed by atoms with Crippen LogP contribution in [0.3, 0.4) is 0 Å². The van der Waals surface area contributed by atoms with Gasteiger partial charge in [-0.25, -0.2) is 0 Å². The third-order valence-corrected chi connectivity index (χ3v) is 6.18. The van der Waals surface area contributed by atoms with Gasteiger partial charge in [-0.3, -0.25) is 4.79 Å². The monoisotopic (exact) mass is 408 g/mol. The number of aromatic hydroxyl groups is 2. The molecule has 0 bridgehead atoms. The van der Waals surface area contributed by atoms with Crippen LogP contribution in [-0.2, 0) is 25.7 Å². The molecule has 4 rings (SSSR count). The van der Waals surface area contributed by atoms with E-state index in [1.54, 1.807) is 6.07 Å². The molecule has 0 unspecified atom stereocenters. The minimum absolute atomic E-state index is 0.101. The number of rotatable bonds is 6. The van der Waals surface area contributed by atoms with Crippen LogP contribution in [0.1, 0.15) is 47.8 Å². The fourth-order valence-corrected chi connectivity index (χ4v) is 4.55. The molecule has 1 aliphatic rings. The number of aliphatic hydroxyl groups excluding tert-OH is 1. The molecule has 0 radical (unpaired) electrons. The van der Waals surface area contributed by atoms with E-state index in [-0.39, 0.29) is 17.3 Å². The maximum absolute atomic E-state index is 11.7. The Morgan fingerprint density at radius 1 is 1.03 bits per heavy atom. The summed E-state index contributed by atoms with van der Waals surface area (Å²) in [6.07, 6.45) is 3.10. The van der Waals surface area contributed by atoms with E-state index in [0.717, 1.165) is 25.7 Å². The number of pyridine rings is 1. The van der Waals surface area contributed by atoms with Gasteiger partial charge in [-0.15, -0.1) is 0 Å². The van der Waals surface area contributed by atoms with Crippen molar-refractivity contribution >= 4 is 10.9 Å². The molecule has 0 spiro atoms. The molecule has 3 aromatic rings. The number of hydrogen-bond donors (Lipinski definition) is 5. The van der Waals surface area contributed by atoms with Gasteiger partial charge >= 0.3 is 0 Å². The molecule has 1 atom stereocenters. The average Bonchev–Trinajstić information content (AvgIpc) is 3.14. The van der Waals surface area contributed by atoms with Gasteiger partial charge in [-0.1, -0.05) is 32.0 Å². The van der Waals surface area contributed by atoms with Gasteiger partial charge in [-0.05, 0) is 65.6 Å². The van der Waals surface area contributed by atoms with Crippen molar-refractivity contribution in [2.24, 2.45) is 0 Å². The Labute approximate surface area is 175 Å². The second-order valence-electron chi connectivity index (χ2n) is 8.07. The Morgan fingerprint density at radius 2 is 1.67 bits per heavy atom. The van der Waals surface area contributed by atoms with E-state index in [4.69, 9.17) is 0 Å². The maximum atomic E-state index is 11.7. The van der Waals surface area contributed by atoms with Gasteiger partial charge < -0.3 is 25.6 Å². The quantitative estimate of drug-likeness (QED) is 0.431. The van der Waals surface area contributed by atoms with Crippen LogP contribution in [-0.4, -0.2) is 32.9 Å². The van der Waals surface area contributed by atoms with Crippen LogP contribution in [0.2, 0.25) is 0 Å². The minimum Gasteiger partial charge on any atom is -0.506 e. The van der Waals surface area contributed by atoms with Crippen LogP contribution in [0.4, 0.5) is 0 Å². The van der Waals surface area contributed by atoms with Crippen LogP contribution >= 0.6 is 0 Å². The zero-order chi connectivity index (χ0) is 21.4. The first-order chi connectivity index (χ1) is 14.4. The van der Waals surface area contributed by atoms with Crippen molar-refractivity contribution in [2.75, 3.05) is 6.54 Å². The molecule has 2 aromatic carbocycles. The van der Waals surface area contributed by atoms with Crippen LogP contribution in [0.15, 0.2) is 35.1 Å². The molecule has 30 heavy (non-hydrogen) atoms. The third-order valence-electron chi connectivity index (χ3n) is 6.18. The lowest BCUT2D eigenvalue weighted by Crippen LogP contribution is -2.33. The number of phenols is 1. The van der Waals surface area contributed by atoms with Gasteiger partial charge in [0.05, 0.1) is 11.6 Å². The summed E-state index contributed by atoms with van der Waals surface area (Å²) >= 11 is 0. The summed E-state index contributed by atoms with van der Waals surface area (Å²) in [5.74, 6) is -0.546. The van der Waals surface area contributed by atoms with E-state index in [9.17, 15) is 20.1 Å². The zero-order valence-corrected chi connectivity index (χ0v) is 17.3. The summed E-state index contributed by atoms with van der Waals surface area (Å²) in [5.41, 5.74) is 5.68. The van der Waals surface area contributed by atoms with Crippen molar-refractivity contribution in [1.29, 1.82) is 0 Å². The molecular formula is C24H28N2O4. The topological polar surface area (TPSA) is 106 Å². The second kappa shape index (κ2) is 8.13. The number of aromatic amines is 1. The Balaban J connectivity index is 1.50. The first-order valence-electron chi connectivity index (χ1n) is 10.5. The van der Waals surface area contributed by atoms with Gasteiger partial charge in [0.25, 0.3) is 5.56 Å². The van der Waals surface area contributed by atoms with E-state index >= 15 is 0 Å². The molecule has 1 heterocycles. The summed E-state index contributed by atoms with van der Waals surface area (Å²) in [5, 5.41) is 34.5. The van der Waals surface area contributed by atoms with Gasteiger partial charge in [0.1, 0.15) is 5.75 Å². The number of fused-ring (bicyclic) bond motifs is 2. The lowest BCUT2D eigenvalue weighted by Gasteiger charge is -2.18. The Morgan fingerprint density at radius 3 is 2.27 bits per heavy atom. The number of H-pyrrole nitrogens is 1.